The van der Waals surface area contributed by atoms with E-state index in [1.807, 2.05) is 0 Å². The van der Waals surface area contributed by atoms with Crippen molar-refractivity contribution >= 4 is 29.9 Å². The second kappa shape index (κ2) is 4.12. The number of amides is 1. The van der Waals surface area contributed by atoms with E-state index in [0.29, 0.717) is 5.69 Å². The van der Waals surface area contributed by atoms with Gasteiger partial charge in [0.15, 0.2) is 0 Å². The minimum absolute atomic E-state index is 0.165. The number of anilines is 2. The Kier molecular flexibility index (Phi) is 3.11. The van der Waals surface area contributed by atoms with E-state index in [0.717, 1.165) is 0 Å². The van der Waals surface area contributed by atoms with Gasteiger partial charge in [-0.2, -0.15) is 0 Å². The van der Waals surface area contributed by atoms with Crippen molar-refractivity contribution in [2.24, 2.45) is 0 Å². The number of hydrogen-bond donors (Lipinski definition) is 4. The topological polar surface area (TPSA) is 95.6 Å². The number of benzene rings is 1. The summed E-state index contributed by atoms with van der Waals surface area (Å²) in [6, 6.07) is 4.64. The van der Waals surface area contributed by atoms with E-state index in [-0.39, 0.29) is 17.1 Å². The molecule has 0 unspecified atom stereocenters. The highest BCUT2D eigenvalue weighted by molar-refractivity contribution is 6.60. The van der Waals surface area contributed by atoms with Gasteiger partial charge in [0.2, 0.25) is 5.91 Å². The fourth-order valence-corrected chi connectivity index (χ4v) is 1.11. The summed E-state index contributed by atoms with van der Waals surface area (Å²) in [7, 11) is -1.64. The number of rotatable bonds is 2. The number of carbonyl (C=O) groups excluding carboxylic acids is 1. The van der Waals surface area contributed by atoms with Gasteiger partial charge in [-0.05, 0) is 6.07 Å². The molecule has 6 heteroatoms. The second-order valence-electron chi connectivity index (χ2n) is 2.86. The zero-order valence-corrected chi connectivity index (χ0v) is 7.69. The van der Waals surface area contributed by atoms with E-state index in [9.17, 15) is 4.79 Å². The molecule has 1 aromatic carbocycles. The Balaban J connectivity index is 3.07. The van der Waals surface area contributed by atoms with Gasteiger partial charge < -0.3 is 21.1 Å². The summed E-state index contributed by atoms with van der Waals surface area (Å²) in [6.45, 7) is 1.35. The molecule has 0 saturated heterocycles. The molecule has 0 heterocycles. The molecule has 0 aliphatic rings. The molecule has 1 rings (SSSR count). The lowest BCUT2D eigenvalue weighted by molar-refractivity contribution is -0.114. The number of nitrogen functional groups attached to an aromatic ring is 1. The fourth-order valence-electron chi connectivity index (χ4n) is 1.11. The Hall–Kier alpha value is -1.53. The van der Waals surface area contributed by atoms with Crippen LogP contribution in [0.25, 0.3) is 0 Å². The molecule has 1 amide bonds. The summed E-state index contributed by atoms with van der Waals surface area (Å²) in [4.78, 5) is 10.8. The quantitative estimate of drug-likeness (QED) is 0.355. The lowest BCUT2D eigenvalue weighted by Gasteiger charge is -2.10. The van der Waals surface area contributed by atoms with Crippen LogP contribution < -0.4 is 16.5 Å². The van der Waals surface area contributed by atoms with Gasteiger partial charge in [-0.15, -0.1) is 0 Å². The number of para-hydroxylation sites is 1. The van der Waals surface area contributed by atoms with Crippen molar-refractivity contribution in [2.75, 3.05) is 11.1 Å². The maximum atomic E-state index is 10.8. The molecule has 5 nitrogen and oxygen atoms in total. The summed E-state index contributed by atoms with van der Waals surface area (Å²) in [6.07, 6.45) is 0. The maximum Gasteiger partial charge on any atom is 0.490 e. The molecule has 0 saturated carbocycles. The van der Waals surface area contributed by atoms with E-state index in [2.05, 4.69) is 5.32 Å². The maximum absolute atomic E-state index is 10.8. The Bertz CT molecular complexity index is 354. The molecule has 5 N–H and O–H groups in total. The van der Waals surface area contributed by atoms with Gasteiger partial charge in [0, 0.05) is 12.4 Å². The third-order valence-corrected chi connectivity index (χ3v) is 1.73. The molecule has 0 bridgehead atoms. The smallest absolute Gasteiger partial charge is 0.423 e. The first kappa shape index (κ1) is 10.6. The minimum atomic E-state index is -1.64. The molecule has 0 aromatic heterocycles. The van der Waals surface area contributed by atoms with Crippen molar-refractivity contribution < 1.29 is 14.8 Å². The SMILES string of the molecule is CC(=O)Nc1cccc(B(O)O)c1N. The summed E-state index contributed by atoms with van der Waals surface area (Å²) >= 11 is 0. The van der Waals surface area contributed by atoms with Crippen molar-refractivity contribution in [3.05, 3.63) is 18.2 Å². The highest BCUT2D eigenvalue weighted by atomic mass is 16.4. The Morgan fingerprint density at radius 3 is 2.64 bits per heavy atom. The predicted molar refractivity (Wildman–Crippen MR) is 55.0 cm³/mol. The summed E-state index contributed by atoms with van der Waals surface area (Å²) in [5.74, 6) is -0.263. The van der Waals surface area contributed by atoms with E-state index in [1.165, 1.54) is 13.0 Å². The van der Waals surface area contributed by atoms with Crippen LogP contribution in [0.5, 0.6) is 0 Å². The third-order valence-electron chi connectivity index (χ3n) is 1.73. The van der Waals surface area contributed by atoms with Crippen molar-refractivity contribution in [3.8, 4) is 0 Å². The van der Waals surface area contributed by atoms with Crippen LogP contribution in [-0.4, -0.2) is 23.1 Å². The van der Waals surface area contributed by atoms with Gasteiger partial charge in [-0.25, -0.2) is 0 Å². The molecule has 14 heavy (non-hydrogen) atoms. The molecule has 0 aliphatic heterocycles. The van der Waals surface area contributed by atoms with Crippen LogP contribution in [0.2, 0.25) is 0 Å². The molecular formula is C8H11BN2O3. The van der Waals surface area contributed by atoms with Crippen molar-refractivity contribution in [1.82, 2.24) is 0 Å². The molecular weight excluding hydrogens is 183 g/mol. The van der Waals surface area contributed by atoms with Crippen LogP contribution in [-0.2, 0) is 4.79 Å². The molecule has 0 radical (unpaired) electrons. The van der Waals surface area contributed by atoms with Crippen LogP contribution >= 0.6 is 0 Å². The van der Waals surface area contributed by atoms with Crippen LogP contribution in [0.3, 0.4) is 0 Å². The standard InChI is InChI=1S/C8H11BN2O3/c1-5(12)11-7-4-2-3-6(8(7)10)9(13)14/h2-4,13-14H,10H2,1H3,(H,11,12). The van der Waals surface area contributed by atoms with E-state index < -0.39 is 7.12 Å². The fraction of sp³-hybridized carbons (Fsp3) is 0.125. The first-order valence-corrected chi connectivity index (χ1v) is 4.04. The van der Waals surface area contributed by atoms with Crippen LogP contribution in [0, 0.1) is 0 Å². The Labute approximate surface area is 81.7 Å². The average molecular weight is 194 g/mol. The van der Waals surface area contributed by atoms with Gasteiger partial charge in [0.05, 0.1) is 11.4 Å². The monoisotopic (exact) mass is 194 g/mol. The zero-order valence-electron chi connectivity index (χ0n) is 7.69. The highest BCUT2D eigenvalue weighted by Gasteiger charge is 2.16. The molecule has 74 valence electrons. The van der Waals surface area contributed by atoms with Crippen molar-refractivity contribution in [2.45, 2.75) is 6.92 Å². The van der Waals surface area contributed by atoms with Gasteiger partial charge >= 0.3 is 7.12 Å². The third kappa shape index (κ3) is 2.24. The van der Waals surface area contributed by atoms with E-state index in [1.54, 1.807) is 12.1 Å². The largest absolute Gasteiger partial charge is 0.490 e. The lowest BCUT2D eigenvalue weighted by Crippen LogP contribution is -2.32. The highest BCUT2D eigenvalue weighted by Crippen LogP contribution is 2.15. The number of nitrogens with one attached hydrogen (secondary N) is 1. The normalized spacial score (nSPS) is 9.64. The first-order valence-electron chi connectivity index (χ1n) is 4.04. The zero-order chi connectivity index (χ0) is 10.7. The second-order valence-corrected chi connectivity index (χ2v) is 2.86. The lowest BCUT2D eigenvalue weighted by atomic mass is 9.79. The predicted octanol–water partition coefficient (Wildman–Crippen LogP) is -1.09. The van der Waals surface area contributed by atoms with Crippen molar-refractivity contribution in [3.63, 3.8) is 0 Å². The number of hydrogen-bond acceptors (Lipinski definition) is 4. The van der Waals surface area contributed by atoms with Crippen LogP contribution in [0.15, 0.2) is 18.2 Å². The Morgan fingerprint density at radius 2 is 2.14 bits per heavy atom. The van der Waals surface area contributed by atoms with E-state index in [4.69, 9.17) is 15.8 Å². The van der Waals surface area contributed by atoms with E-state index >= 15 is 0 Å². The summed E-state index contributed by atoms with van der Waals surface area (Å²) in [5, 5.41) is 20.3. The average Bonchev–Trinajstić information content (AvgIpc) is 2.07. The van der Waals surface area contributed by atoms with Crippen LogP contribution in [0.1, 0.15) is 6.92 Å². The molecule has 0 fully saturated rings. The van der Waals surface area contributed by atoms with Gasteiger partial charge in [0.1, 0.15) is 0 Å². The molecule has 0 aliphatic carbocycles. The summed E-state index contributed by atoms with van der Waals surface area (Å²) < 4.78 is 0. The van der Waals surface area contributed by atoms with Crippen molar-refractivity contribution in [1.29, 1.82) is 0 Å². The van der Waals surface area contributed by atoms with Crippen LogP contribution in [0.4, 0.5) is 11.4 Å². The summed E-state index contributed by atoms with van der Waals surface area (Å²) in [5.41, 5.74) is 6.32. The minimum Gasteiger partial charge on any atom is -0.423 e. The molecule has 1 aromatic rings. The van der Waals surface area contributed by atoms with Gasteiger partial charge in [-0.3, -0.25) is 4.79 Å². The van der Waals surface area contributed by atoms with Gasteiger partial charge in [0.25, 0.3) is 0 Å². The molecule has 0 atom stereocenters. The number of carbonyl (C=O) groups is 1. The van der Waals surface area contributed by atoms with Gasteiger partial charge in [-0.1, -0.05) is 12.1 Å². The Morgan fingerprint density at radius 1 is 1.50 bits per heavy atom. The first-order chi connectivity index (χ1) is 6.52. The molecule has 0 spiro atoms. The number of nitrogens with two attached hydrogens (primary N) is 1.